The van der Waals surface area contributed by atoms with Gasteiger partial charge in [-0.2, -0.15) is 5.26 Å². The van der Waals surface area contributed by atoms with Gasteiger partial charge in [0.1, 0.15) is 17.1 Å². The highest BCUT2D eigenvalue weighted by molar-refractivity contribution is 5.28. The van der Waals surface area contributed by atoms with Gasteiger partial charge in [0.2, 0.25) is 0 Å². The fourth-order valence-electron chi connectivity index (χ4n) is 2.05. The van der Waals surface area contributed by atoms with Crippen LogP contribution < -0.4 is 10.1 Å². The van der Waals surface area contributed by atoms with Gasteiger partial charge in [-0.15, -0.1) is 0 Å². The molecule has 4 heteroatoms. The van der Waals surface area contributed by atoms with Crippen molar-refractivity contribution in [3.8, 4) is 11.8 Å². The highest BCUT2D eigenvalue weighted by atomic mass is 19.1. The third-order valence-corrected chi connectivity index (χ3v) is 3.19. The van der Waals surface area contributed by atoms with Crippen LogP contribution in [0.5, 0.6) is 5.75 Å². The molecule has 1 aromatic rings. The van der Waals surface area contributed by atoms with Crippen molar-refractivity contribution in [2.24, 2.45) is 0 Å². The van der Waals surface area contributed by atoms with Crippen molar-refractivity contribution in [2.75, 3.05) is 6.54 Å². The molecule has 0 aromatic heterocycles. The highest BCUT2D eigenvalue weighted by Gasteiger charge is 2.26. The maximum absolute atomic E-state index is 13.5. The molecule has 0 aliphatic heterocycles. The molecule has 2 unspecified atom stereocenters. The summed E-state index contributed by atoms with van der Waals surface area (Å²) in [6.45, 7) is 8.30. The first-order chi connectivity index (χ1) is 9.40. The van der Waals surface area contributed by atoms with Crippen molar-refractivity contribution in [3.63, 3.8) is 0 Å². The van der Waals surface area contributed by atoms with Gasteiger partial charge in [-0.3, -0.25) is 5.32 Å². The summed E-state index contributed by atoms with van der Waals surface area (Å²) in [5.41, 5.74) is -0.0324. The summed E-state index contributed by atoms with van der Waals surface area (Å²) in [7, 11) is 0. The first-order valence-corrected chi connectivity index (χ1v) is 6.99. The second-order valence-corrected chi connectivity index (χ2v) is 5.41. The Balaban J connectivity index is 2.64. The Labute approximate surface area is 120 Å². The zero-order valence-electron chi connectivity index (χ0n) is 12.7. The number of hydrogen-bond donors (Lipinski definition) is 1. The van der Waals surface area contributed by atoms with Gasteiger partial charge in [0, 0.05) is 12.5 Å². The van der Waals surface area contributed by atoms with Gasteiger partial charge in [0.05, 0.1) is 12.2 Å². The minimum Gasteiger partial charge on any atom is -0.491 e. The fraction of sp³-hybridized carbons (Fsp3) is 0.562. The van der Waals surface area contributed by atoms with Crippen LogP contribution >= 0.6 is 0 Å². The molecule has 0 heterocycles. The van der Waals surface area contributed by atoms with E-state index in [1.54, 1.807) is 19.1 Å². The summed E-state index contributed by atoms with van der Waals surface area (Å²) in [5, 5.41) is 12.5. The lowest BCUT2D eigenvalue weighted by molar-refractivity contribution is 0.179. The second kappa shape index (κ2) is 7.25. The number of aryl methyl sites for hydroxylation is 1. The Hall–Kier alpha value is -1.60. The number of benzene rings is 1. The largest absolute Gasteiger partial charge is 0.491 e. The van der Waals surface area contributed by atoms with E-state index in [1.807, 2.05) is 13.8 Å². The van der Waals surface area contributed by atoms with Gasteiger partial charge >= 0.3 is 0 Å². The first kappa shape index (κ1) is 16.5. The number of rotatable bonds is 7. The standard InChI is InChI=1S/C16H23FN2O/c1-5-8-19-16(4,11-18)10-13(3)20-14-7-6-12(2)15(17)9-14/h6-7,9,13,19H,5,8,10H2,1-4H3. The molecule has 20 heavy (non-hydrogen) atoms. The quantitative estimate of drug-likeness (QED) is 0.829. The third-order valence-electron chi connectivity index (χ3n) is 3.19. The van der Waals surface area contributed by atoms with Crippen LogP contribution in [0, 0.1) is 24.1 Å². The normalized spacial score (nSPS) is 15.2. The Morgan fingerprint density at radius 1 is 1.50 bits per heavy atom. The monoisotopic (exact) mass is 278 g/mol. The number of nitriles is 1. The average molecular weight is 278 g/mol. The lowest BCUT2D eigenvalue weighted by atomic mass is 9.96. The molecule has 1 aromatic carbocycles. The van der Waals surface area contributed by atoms with Gasteiger partial charge in [-0.05, 0) is 45.4 Å². The predicted molar refractivity (Wildman–Crippen MR) is 78.2 cm³/mol. The van der Waals surface area contributed by atoms with Crippen LogP contribution in [0.2, 0.25) is 0 Å². The molecule has 0 fully saturated rings. The lowest BCUT2D eigenvalue weighted by Gasteiger charge is -2.27. The van der Waals surface area contributed by atoms with E-state index in [0.717, 1.165) is 13.0 Å². The molecule has 0 bridgehead atoms. The van der Waals surface area contributed by atoms with Crippen molar-refractivity contribution in [1.82, 2.24) is 5.32 Å². The van der Waals surface area contributed by atoms with Crippen LogP contribution in [0.4, 0.5) is 4.39 Å². The molecule has 3 nitrogen and oxygen atoms in total. The zero-order chi connectivity index (χ0) is 15.2. The van der Waals surface area contributed by atoms with Crippen molar-refractivity contribution < 1.29 is 9.13 Å². The van der Waals surface area contributed by atoms with Gasteiger partial charge in [0.15, 0.2) is 0 Å². The summed E-state index contributed by atoms with van der Waals surface area (Å²) < 4.78 is 19.2. The number of nitrogens with one attached hydrogen (secondary N) is 1. The summed E-state index contributed by atoms with van der Waals surface area (Å²) in [6.07, 6.45) is 1.33. The van der Waals surface area contributed by atoms with Crippen LogP contribution in [-0.2, 0) is 0 Å². The van der Waals surface area contributed by atoms with Gasteiger partial charge in [-0.25, -0.2) is 4.39 Å². The number of ether oxygens (including phenoxy) is 1. The number of halogens is 1. The van der Waals surface area contributed by atoms with Crippen molar-refractivity contribution in [2.45, 2.75) is 52.2 Å². The summed E-state index contributed by atoms with van der Waals surface area (Å²) in [4.78, 5) is 0. The van der Waals surface area contributed by atoms with Crippen LogP contribution in [0.15, 0.2) is 18.2 Å². The Kier molecular flexibility index (Phi) is 5.97. The summed E-state index contributed by atoms with van der Waals surface area (Å²) in [5.74, 6) is 0.221. The molecule has 0 spiro atoms. The van der Waals surface area contributed by atoms with Crippen LogP contribution in [0.3, 0.4) is 0 Å². The molecule has 0 aliphatic rings. The molecule has 0 aliphatic carbocycles. The molecule has 1 N–H and O–H groups in total. The zero-order valence-corrected chi connectivity index (χ0v) is 12.7. The van der Waals surface area contributed by atoms with Crippen molar-refractivity contribution in [3.05, 3.63) is 29.6 Å². The average Bonchev–Trinajstić information content (AvgIpc) is 2.40. The lowest BCUT2D eigenvalue weighted by Crippen LogP contribution is -2.44. The van der Waals surface area contributed by atoms with E-state index in [-0.39, 0.29) is 11.9 Å². The SMILES string of the molecule is CCCNC(C)(C#N)CC(C)Oc1ccc(C)c(F)c1. The second-order valence-electron chi connectivity index (χ2n) is 5.41. The minimum absolute atomic E-state index is 0.175. The maximum Gasteiger partial charge on any atom is 0.129 e. The molecule has 0 amide bonds. The summed E-state index contributed by atoms with van der Waals surface area (Å²) in [6, 6.07) is 7.11. The Morgan fingerprint density at radius 3 is 2.75 bits per heavy atom. The molecular weight excluding hydrogens is 255 g/mol. The molecule has 0 saturated heterocycles. The van der Waals surface area contributed by atoms with E-state index in [1.165, 1.54) is 6.07 Å². The number of hydrogen-bond acceptors (Lipinski definition) is 3. The topological polar surface area (TPSA) is 45.0 Å². The van der Waals surface area contributed by atoms with E-state index in [4.69, 9.17) is 4.74 Å². The smallest absolute Gasteiger partial charge is 0.129 e. The Bertz CT molecular complexity index is 484. The van der Waals surface area contributed by atoms with E-state index < -0.39 is 5.54 Å². The van der Waals surface area contributed by atoms with E-state index in [9.17, 15) is 9.65 Å². The van der Waals surface area contributed by atoms with Gasteiger partial charge in [0.25, 0.3) is 0 Å². The predicted octanol–water partition coefficient (Wildman–Crippen LogP) is 3.57. The minimum atomic E-state index is -0.626. The number of nitrogens with zero attached hydrogens (tertiary/aromatic N) is 1. The Morgan fingerprint density at radius 2 is 2.20 bits per heavy atom. The maximum atomic E-state index is 13.5. The van der Waals surface area contributed by atoms with Gasteiger partial charge < -0.3 is 4.74 Å². The first-order valence-electron chi connectivity index (χ1n) is 6.99. The van der Waals surface area contributed by atoms with E-state index in [2.05, 4.69) is 18.3 Å². The highest BCUT2D eigenvalue weighted by Crippen LogP contribution is 2.20. The summed E-state index contributed by atoms with van der Waals surface area (Å²) >= 11 is 0. The molecular formula is C16H23FN2O. The van der Waals surface area contributed by atoms with Crippen molar-refractivity contribution in [1.29, 1.82) is 5.26 Å². The molecule has 0 radical (unpaired) electrons. The van der Waals surface area contributed by atoms with Crippen LogP contribution in [0.25, 0.3) is 0 Å². The molecule has 110 valence electrons. The van der Waals surface area contributed by atoms with Crippen molar-refractivity contribution >= 4 is 0 Å². The molecule has 1 rings (SSSR count). The van der Waals surface area contributed by atoms with Crippen LogP contribution in [0.1, 0.15) is 39.2 Å². The van der Waals surface area contributed by atoms with E-state index >= 15 is 0 Å². The molecule has 2 atom stereocenters. The van der Waals surface area contributed by atoms with E-state index in [0.29, 0.717) is 17.7 Å². The van der Waals surface area contributed by atoms with Gasteiger partial charge in [-0.1, -0.05) is 13.0 Å². The third kappa shape index (κ3) is 4.82. The molecule has 0 saturated carbocycles. The van der Waals surface area contributed by atoms with Crippen LogP contribution in [-0.4, -0.2) is 18.2 Å². The fourth-order valence-corrected chi connectivity index (χ4v) is 2.05.